The average Bonchev–Trinajstić information content (AvgIpc) is 3.33. The highest BCUT2D eigenvalue weighted by Gasteiger charge is 2.38. The lowest BCUT2D eigenvalue weighted by Gasteiger charge is -2.21. The predicted molar refractivity (Wildman–Crippen MR) is 97.0 cm³/mol. The molecule has 1 fully saturated rings. The molecule has 2 rings (SSSR count). The number of hydrogen-bond donors (Lipinski definition) is 2. The first kappa shape index (κ1) is 17.8. The summed E-state index contributed by atoms with van der Waals surface area (Å²) in [5.74, 6) is 2.05. The van der Waals surface area contributed by atoms with Gasteiger partial charge in [0.25, 0.3) is 0 Å². The summed E-state index contributed by atoms with van der Waals surface area (Å²) in [7, 11) is 1.83. The van der Waals surface area contributed by atoms with E-state index in [1.54, 1.807) is 0 Å². The van der Waals surface area contributed by atoms with Crippen molar-refractivity contribution in [3.63, 3.8) is 0 Å². The third kappa shape index (κ3) is 5.54. The summed E-state index contributed by atoms with van der Waals surface area (Å²) >= 11 is 0. The quantitative estimate of drug-likeness (QED) is 0.572. The molecule has 2 N–H and O–H groups in total. The van der Waals surface area contributed by atoms with Gasteiger partial charge in [-0.15, -0.1) is 0 Å². The summed E-state index contributed by atoms with van der Waals surface area (Å²) in [5, 5.41) is 6.94. The van der Waals surface area contributed by atoms with E-state index in [0.29, 0.717) is 24.0 Å². The Balaban J connectivity index is 1.73. The molecule has 0 bridgehead atoms. The standard InChI is InChI=1S/C19H31N3O/c1-5-23-18(14(2)3)11-12-21-19(20-4)22-17-13-16(17)15-9-7-6-8-10-15/h6-10,14,16-18H,5,11-13H2,1-4H3,(H2,20,21,22). The lowest BCUT2D eigenvalue weighted by molar-refractivity contribution is 0.0258. The summed E-state index contributed by atoms with van der Waals surface area (Å²) in [4.78, 5) is 4.34. The summed E-state index contributed by atoms with van der Waals surface area (Å²) in [5.41, 5.74) is 1.41. The molecule has 1 aromatic carbocycles. The van der Waals surface area contributed by atoms with Crippen LogP contribution in [0.25, 0.3) is 0 Å². The van der Waals surface area contributed by atoms with Gasteiger partial charge in [0.1, 0.15) is 0 Å². The number of aliphatic imine (C=N–C) groups is 1. The van der Waals surface area contributed by atoms with Crippen LogP contribution in [-0.4, -0.2) is 38.3 Å². The molecular formula is C19H31N3O. The molecule has 1 aliphatic carbocycles. The zero-order chi connectivity index (χ0) is 16.7. The van der Waals surface area contributed by atoms with Gasteiger partial charge < -0.3 is 15.4 Å². The smallest absolute Gasteiger partial charge is 0.191 e. The maximum atomic E-state index is 5.79. The maximum absolute atomic E-state index is 5.79. The minimum atomic E-state index is 0.309. The molecule has 4 heteroatoms. The van der Waals surface area contributed by atoms with Gasteiger partial charge in [0.15, 0.2) is 5.96 Å². The Morgan fingerprint density at radius 2 is 2.04 bits per heavy atom. The van der Waals surface area contributed by atoms with Crippen molar-refractivity contribution in [1.29, 1.82) is 0 Å². The molecular weight excluding hydrogens is 286 g/mol. The van der Waals surface area contributed by atoms with Gasteiger partial charge >= 0.3 is 0 Å². The van der Waals surface area contributed by atoms with Gasteiger partial charge in [-0.3, -0.25) is 4.99 Å². The Labute approximate surface area is 140 Å². The fourth-order valence-corrected chi connectivity index (χ4v) is 2.95. The first-order valence-electron chi connectivity index (χ1n) is 8.79. The Bertz CT molecular complexity index is 487. The van der Waals surface area contributed by atoms with Gasteiger partial charge in [-0.1, -0.05) is 44.2 Å². The number of benzene rings is 1. The van der Waals surface area contributed by atoms with E-state index in [9.17, 15) is 0 Å². The highest BCUT2D eigenvalue weighted by atomic mass is 16.5. The number of ether oxygens (including phenoxy) is 1. The molecule has 3 atom stereocenters. The molecule has 0 aromatic heterocycles. The second-order valence-corrected chi connectivity index (χ2v) is 6.53. The Kier molecular flexibility index (Phi) is 6.90. The first-order chi connectivity index (χ1) is 11.2. The SMILES string of the molecule is CCOC(CCNC(=NC)NC1CC1c1ccccc1)C(C)C. The minimum absolute atomic E-state index is 0.309. The van der Waals surface area contributed by atoms with Gasteiger partial charge in [-0.25, -0.2) is 0 Å². The second kappa shape index (κ2) is 8.92. The second-order valence-electron chi connectivity index (χ2n) is 6.53. The lowest BCUT2D eigenvalue weighted by atomic mass is 10.0. The van der Waals surface area contributed by atoms with Crippen LogP contribution in [0.5, 0.6) is 0 Å². The Morgan fingerprint density at radius 3 is 2.65 bits per heavy atom. The summed E-state index contributed by atoms with van der Waals surface area (Å²) in [6, 6.07) is 11.2. The van der Waals surface area contributed by atoms with Gasteiger partial charge in [-0.2, -0.15) is 0 Å². The van der Waals surface area contributed by atoms with Crippen LogP contribution in [0.4, 0.5) is 0 Å². The molecule has 0 radical (unpaired) electrons. The molecule has 23 heavy (non-hydrogen) atoms. The number of guanidine groups is 1. The van der Waals surface area contributed by atoms with Crippen molar-refractivity contribution in [3.8, 4) is 0 Å². The van der Waals surface area contributed by atoms with E-state index in [0.717, 1.165) is 25.5 Å². The summed E-state index contributed by atoms with van der Waals surface area (Å²) in [6.07, 6.45) is 2.49. The summed E-state index contributed by atoms with van der Waals surface area (Å²) in [6.45, 7) is 8.13. The third-order valence-corrected chi connectivity index (χ3v) is 4.41. The van der Waals surface area contributed by atoms with Gasteiger partial charge in [0.2, 0.25) is 0 Å². The van der Waals surface area contributed by atoms with Crippen molar-refractivity contribution in [2.45, 2.75) is 51.7 Å². The average molecular weight is 317 g/mol. The number of rotatable bonds is 8. The van der Waals surface area contributed by atoms with Crippen molar-refractivity contribution in [2.24, 2.45) is 10.9 Å². The van der Waals surface area contributed by atoms with Crippen LogP contribution in [0, 0.1) is 5.92 Å². The molecule has 4 nitrogen and oxygen atoms in total. The fraction of sp³-hybridized carbons (Fsp3) is 0.632. The van der Waals surface area contributed by atoms with Gasteiger partial charge in [-0.05, 0) is 31.2 Å². The Hall–Kier alpha value is -1.55. The molecule has 0 aliphatic heterocycles. The molecule has 1 aliphatic rings. The number of nitrogens with zero attached hydrogens (tertiary/aromatic N) is 1. The normalized spacial score (nSPS) is 22.0. The van der Waals surface area contributed by atoms with Crippen LogP contribution < -0.4 is 10.6 Å². The zero-order valence-electron chi connectivity index (χ0n) is 14.9. The number of hydrogen-bond acceptors (Lipinski definition) is 2. The molecule has 0 heterocycles. The molecule has 1 aromatic rings. The van der Waals surface area contributed by atoms with E-state index >= 15 is 0 Å². The van der Waals surface area contributed by atoms with Crippen molar-refractivity contribution in [2.75, 3.05) is 20.2 Å². The topological polar surface area (TPSA) is 45.6 Å². The first-order valence-corrected chi connectivity index (χ1v) is 8.79. The van der Waals surface area contributed by atoms with E-state index in [1.807, 2.05) is 7.05 Å². The van der Waals surface area contributed by atoms with Crippen LogP contribution in [0.3, 0.4) is 0 Å². The van der Waals surface area contributed by atoms with Gasteiger partial charge in [0.05, 0.1) is 6.10 Å². The molecule has 0 amide bonds. The van der Waals surface area contributed by atoms with Crippen LogP contribution >= 0.6 is 0 Å². The Morgan fingerprint density at radius 1 is 1.30 bits per heavy atom. The maximum Gasteiger partial charge on any atom is 0.191 e. The zero-order valence-corrected chi connectivity index (χ0v) is 14.9. The van der Waals surface area contributed by atoms with Crippen molar-refractivity contribution in [3.05, 3.63) is 35.9 Å². The van der Waals surface area contributed by atoms with Crippen molar-refractivity contribution < 1.29 is 4.74 Å². The van der Waals surface area contributed by atoms with Crippen LogP contribution in [0.15, 0.2) is 35.3 Å². The lowest BCUT2D eigenvalue weighted by Crippen LogP contribution is -2.40. The molecule has 3 unspecified atom stereocenters. The van der Waals surface area contributed by atoms with E-state index in [2.05, 4.69) is 66.7 Å². The highest BCUT2D eigenvalue weighted by molar-refractivity contribution is 5.80. The van der Waals surface area contributed by atoms with Crippen LogP contribution in [-0.2, 0) is 4.74 Å². The van der Waals surface area contributed by atoms with E-state index in [-0.39, 0.29) is 0 Å². The van der Waals surface area contributed by atoms with E-state index < -0.39 is 0 Å². The minimum Gasteiger partial charge on any atom is -0.378 e. The molecule has 0 spiro atoms. The summed E-state index contributed by atoms with van der Waals surface area (Å²) < 4.78 is 5.79. The predicted octanol–water partition coefficient (Wildman–Crippen LogP) is 3.16. The molecule has 128 valence electrons. The highest BCUT2D eigenvalue weighted by Crippen LogP contribution is 2.40. The monoisotopic (exact) mass is 317 g/mol. The third-order valence-electron chi connectivity index (χ3n) is 4.41. The van der Waals surface area contributed by atoms with Crippen molar-refractivity contribution >= 4 is 5.96 Å². The van der Waals surface area contributed by atoms with Gasteiger partial charge in [0, 0.05) is 32.2 Å². The van der Waals surface area contributed by atoms with E-state index in [4.69, 9.17) is 4.74 Å². The number of nitrogens with one attached hydrogen (secondary N) is 2. The largest absolute Gasteiger partial charge is 0.378 e. The molecule has 0 saturated heterocycles. The fourth-order valence-electron chi connectivity index (χ4n) is 2.95. The van der Waals surface area contributed by atoms with Crippen LogP contribution in [0.1, 0.15) is 45.1 Å². The van der Waals surface area contributed by atoms with Crippen molar-refractivity contribution in [1.82, 2.24) is 10.6 Å². The molecule has 1 saturated carbocycles. The van der Waals surface area contributed by atoms with Crippen LogP contribution in [0.2, 0.25) is 0 Å². The van der Waals surface area contributed by atoms with E-state index in [1.165, 1.54) is 12.0 Å².